The van der Waals surface area contributed by atoms with Crippen LogP contribution in [0.2, 0.25) is 0 Å². The van der Waals surface area contributed by atoms with Crippen LogP contribution in [-0.2, 0) is 17.1 Å². The molecule has 9 nitrogen and oxygen atoms in total. The number of benzene rings is 1. The standard InChI is InChI=1S/C26H28N6O3S/c1-18-3-8-25(29-16-18)30-22-10-13-32(17-24(22)33)36(34,35)21-6-4-19(5-7-21)20-9-11-27-23(15-20)26-28-12-14-31(26)2/h3-9,11-12,14-16,22,24,33H,10,13,17H2,1-2H3,(H,29,30)/t22-,24+/m1/s1. The lowest BCUT2D eigenvalue weighted by molar-refractivity contribution is 0.0949. The highest BCUT2D eigenvalue weighted by Crippen LogP contribution is 2.27. The summed E-state index contributed by atoms with van der Waals surface area (Å²) in [4.78, 5) is 13.3. The summed E-state index contributed by atoms with van der Waals surface area (Å²) in [7, 11) is -1.83. The van der Waals surface area contributed by atoms with Crippen molar-refractivity contribution in [2.75, 3.05) is 18.4 Å². The van der Waals surface area contributed by atoms with Crippen molar-refractivity contribution in [2.45, 2.75) is 30.4 Å². The molecule has 1 fully saturated rings. The van der Waals surface area contributed by atoms with Crippen molar-refractivity contribution in [3.63, 3.8) is 0 Å². The van der Waals surface area contributed by atoms with Gasteiger partial charge >= 0.3 is 0 Å². The van der Waals surface area contributed by atoms with Crippen LogP contribution < -0.4 is 5.32 Å². The Morgan fingerprint density at radius 3 is 2.47 bits per heavy atom. The second-order valence-corrected chi connectivity index (χ2v) is 10.9. The van der Waals surface area contributed by atoms with Gasteiger partial charge in [-0.15, -0.1) is 0 Å². The second-order valence-electron chi connectivity index (χ2n) is 9.01. The molecule has 0 radical (unpaired) electrons. The molecule has 3 aromatic heterocycles. The van der Waals surface area contributed by atoms with E-state index in [0.29, 0.717) is 18.8 Å². The molecule has 0 saturated carbocycles. The van der Waals surface area contributed by atoms with Gasteiger partial charge in [0.05, 0.1) is 17.0 Å². The Bertz CT molecular complexity index is 1450. The number of aliphatic hydroxyl groups excluding tert-OH is 1. The highest BCUT2D eigenvalue weighted by Gasteiger charge is 2.34. The van der Waals surface area contributed by atoms with E-state index in [4.69, 9.17) is 0 Å². The smallest absolute Gasteiger partial charge is 0.243 e. The van der Waals surface area contributed by atoms with Gasteiger partial charge in [-0.1, -0.05) is 18.2 Å². The van der Waals surface area contributed by atoms with Crippen LogP contribution in [0.4, 0.5) is 5.82 Å². The van der Waals surface area contributed by atoms with Gasteiger partial charge in [0.15, 0.2) is 5.82 Å². The monoisotopic (exact) mass is 504 g/mol. The average molecular weight is 505 g/mol. The molecule has 0 aliphatic carbocycles. The van der Waals surface area contributed by atoms with E-state index in [9.17, 15) is 13.5 Å². The molecule has 36 heavy (non-hydrogen) atoms. The molecule has 0 amide bonds. The Morgan fingerprint density at radius 1 is 1.00 bits per heavy atom. The van der Waals surface area contributed by atoms with Crippen LogP contribution in [0, 0.1) is 6.92 Å². The summed E-state index contributed by atoms with van der Waals surface area (Å²) < 4.78 is 29.8. The molecule has 0 unspecified atom stereocenters. The molecular weight excluding hydrogens is 476 g/mol. The molecule has 2 N–H and O–H groups in total. The van der Waals surface area contributed by atoms with Gasteiger partial charge in [-0.05, 0) is 60.4 Å². The van der Waals surface area contributed by atoms with Crippen molar-refractivity contribution in [3.05, 3.63) is 78.9 Å². The Labute approximate surface area is 210 Å². The van der Waals surface area contributed by atoms with Crippen molar-refractivity contribution in [3.8, 4) is 22.6 Å². The summed E-state index contributed by atoms with van der Waals surface area (Å²) in [5.74, 6) is 1.42. The Hall–Kier alpha value is -3.60. The van der Waals surface area contributed by atoms with E-state index in [1.807, 2.05) is 49.0 Å². The van der Waals surface area contributed by atoms with Crippen LogP contribution in [0.3, 0.4) is 0 Å². The van der Waals surface area contributed by atoms with Crippen molar-refractivity contribution >= 4 is 15.8 Å². The van der Waals surface area contributed by atoms with Crippen LogP contribution in [0.1, 0.15) is 12.0 Å². The van der Waals surface area contributed by atoms with Gasteiger partial charge in [0.25, 0.3) is 0 Å². The molecule has 186 valence electrons. The fraction of sp³-hybridized carbons (Fsp3) is 0.269. The molecule has 1 aliphatic heterocycles. The van der Waals surface area contributed by atoms with Crippen LogP contribution in [0.25, 0.3) is 22.6 Å². The molecule has 1 aromatic carbocycles. The molecule has 2 atom stereocenters. The summed E-state index contributed by atoms with van der Waals surface area (Å²) in [5, 5.41) is 13.9. The van der Waals surface area contributed by atoms with Gasteiger partial charge in [0.1, 0.15) is 11.5 Å². The number of piperidine rings is 1. The average Bonchev–Trinajstić information content (AvgIpc) is 3.32. The lowest BCUT2D eigenvalue weighted by Gasteiger charge is -2.35. The SMILES string of the molecule is Cc1ccc(N[C@@H]2CCN(S(=O)(=O)c3ccc(-c4ccnc(-c5nccn5C)c4)cc3)C[C@@H]2O)nc1. The number of hydrogen-bond donors (Lipinski definition) is 2. The van der Waals surface area contributed by atoms with Crippen molar-refractivity contribution < 1.29 is 13.5 Å². The van der Waals surface area contributed by atoms with E-state index in [1.54, 1.807) is 42.9 Å². The summed E-state index contributed by atoms with van der Waals surface area (Å²) >= 11 is 0. The van der Waals surface area contributed by atoms with Crippen LogP contribution in [0.5, 0.6) is 0 Å². The predicted octanol–water partition coefficient (Wildman–Crippen LogP) is 3.09. The Balaban J connectivity index is 1.29. The predicted molar refractivity (Wildman–Crippen MR) is 138 cm³/mol. The lowest BCUT2D eigenvalue weighted by Crippen LogP contribution is -2.51. The van der Waals surface area contributed by atoms with Gasteiger partial charge in [0.2, 0.25) is 10.0 Å². The summed E-state index contributed by atoms with van der Waals surface area (Å²) in [6.07, 6.45) is 6.68. The fourth-order valence-corrected chi connectivity index (χ4v) is 5.82. The molecular formula is C26H28N6O3S. The third kappa shape index (κ3) is 4.88. The zero-order chi connectivity index (χ0) is 25.3. The van der Waals surface area contributed by atoms with Gasteiger partial charge in [-0.2, -0.15) is 4.31 Å². The molecule has 4 heterocycles. The maximum absolute atomic E-state index is 13.3. The number of nitrogens with zero attached hydrogens (tertiary/aromatic N) is 5. The van der Waals surface area contributed by atoms with E-state index in [0.717, 1.165) is 28.2 Å². The zero-order valence-electron chi connectivity index (χ0n) is 20.1. The lowest BCUT2D eigenvalue weighted by atomic mass is 10.0. The van der Waals surface area contributed by atoms with Crippen LogP contribution in [-0.4, -0.2) is 62.6 Å². The third-order valence-corrected chi connectivity index (χ3v) is 8.30. The van der Waals surface area contributed by atoms with Crippen LogP contribution >= 0.6 is 0 Å². The number of aliphatic hydroxyl groups is 1. The number of aryl methyl sites for hydroxylation is 2. The minimum absolute atomic E-state index is 0.0188. The zero-order valence-corrected chi connectivity index (χ0v) is 20.9. The van der Waals surface area contributed by atoms with E-state index in [-0.39, 0.29) is 17.5 Å². The number of pyridine rings is 2. The van der Waals surface area contributed by atoms with Gasteiger partial charge in [-0.25, -0.2) is 18.4 Å². The fourth-order valence-electron chi connectivity index (χ4n) is 4.35. The first-order valence-corrected chi connectivity index (χ1v) is 13.2. The number of nitrogens with one attached hydrogen (secondary N) is 1. The van der Waals surface area contributed by atoms with E-state index >= 15 is 0 Å². The molecule has 1 aliphatic rings. The van der Waals surface area contributed by atoms with Gasteiger partial charge in [-0.3, -0.25) is 4.98 Å². The molecule has 0 bridgehead atoms. The largest absolute Gasteiger partial charge is 0.390 e. The van der Waals surface area contributed by atoms with Crippen LogP contribution in [0.15, 0.2) is 78.2 Å². The highest BCUT2D eigenvalue weighted by atomic mass is 32.2. The van der Waals surface area contributed by atoms with Crippen molar-refractivity contribution in [1.82, 2.24) is 23.8 Å². The summed E-state index contributed by atoms with van der Waals surface area (Å²) in [6.45, 7) is 2.28. The molecule has 10 heteroatoms. The summed E-state index contributed by atoms with van der Waals surface area (Å²) in [6, 6.07) is 14.1. The van der Waals surface area contributed by atoms with E-state index in [1.165, 1.54) is 4.31 Å². The quantitative estimate of drug-likeness (QED) is 0.415. The summed E-state index contributed by atoms with van der Waals surface area (Å²) in [5.41, 5.74) is 3.58. The minimum atomic E-state index is -3.74. The number of β-amino-alcohol motifs (C(OH)–C–C–N with tert-alkyl or cyclic N) is 1. The maximum Gasteiger partial charge on any atom is 0.243 e. The topological polar surface area (TPSA) is 113 Å². The van der Waals surface area contributed by atoms with Gasteiger partial charge in [0, 0.05) is 44.9 Å². The number of rotatable bonds is 6. The number of anilines is 1. The first kappa shape index (κ1) is 24.1. The highest BCUT2D eigenvalue weighted by molar-refractivity contribution is 7.89. The number of hydrogen-bond acceptors (Lipinski definition) is 7. The Kier molecular flexibility index (Phi) is 6.57. The van der Waals surface area contributed by atoms with Crippen molar-refractivity contribution in [1.29, 1.82) is 0 Å². The Morgan fingerprint density at radius 2 is 1.81 bits per heavy atom. The van der Waals surface area contributed by atoms with E-state index < -0.39 is 16.1 Å². The first-order valence-electron chi connectivity index (χ1n) is 11.7. The molecule has 5 rings (SSSR count). The number of sulfonamides is 1. The normalized spacial score (nSPS) is 18.8. The number of imidazole rings is 1. The van der Waals surface area contributed by atoms with E-state index in [2.05, 4.69) is 20.3 Å². The molecule has 0 spiro atoms. The molecule has 1 saturated heterocycles. The van der Waals surface area contributed by atoms with Crippen molar-refractivity contribution in [2.24, 2.45) is 7.05 Å². The second kappa shape index (κ2) is 9.81. The minimum Gasteiger partial charge on any atom is -0.390 e. The third-order valence-electron chi connectivity index (χ3n) is 6.42. The number of aromatic nitrogens is 4. The van der Waals surface area contributed by atoms with Gasteiger partial charge < -0.3 is 15.0 Å². The first-order chi connectivity index (χ1) is 17.3. The maximum atomic E-state index is 13.3. The molecule has 4 aromatic rings.